The molecule has 3 amide bonds. The number of nitrogens with two attached hydrogens (primary N) is 1. The lowest BCUT2D eigenvalue weighted by atomic mass is 9.90. The maximum atomic E-state index is 13.3. The normalized spacial score (nSPS) is 19.5. The minimum atomic E-state index is -4.66. The number of primary sulfonamides is 1. The molecule has 2 saturated carbocycles. The average Bonchev–Trinajstić information content (AvgIpc) is 3.75. The molecule has 5 N–H and O–H groups in total. The molecular weight excluding hydrogens is 563 g/mol. The van der Waals surface area contributed by atoms with Crippen LogP contribution < -0.4 is 21.1 Å². The van der Waals surface area contributed by atoms with Crippen LogP contribution in [0, 0.1) is 5.92 Å². The molecule has 2 aliphatic rings. The molecule has 14 heteroatoms. The number of hydrogen-bond donors (Lipinski definition) is 4. The van der Waals surface area contributed by atoms with Crippen molar-refractivity contribution in [3.63, 3.8) is 0 Å². The lowest BCUT2D eigenvalue weighted by Crippen LogP contribution is -2.54. The Kier molecular flexibility index (Phi) is 9.12. The zero-order valence-electron chi connectivity index (χ0n) is 21.9. The molecule has 2 fully saturated rings. The van der Waals surface area contributed by atoms with Gasteiger partial charge in [0.2, 0.25) is 15.9 Å². The summed E-state index contributed by atoms with van der Waals surface area (Å²) in [6, 6.07) is 6.93. The third-order valence-electron chi connectivity index (χ3n) is 6.90. The van der Waals surface area contributed by atoms with Gasteiger partial charge in [0.05, 0.1) is 28.3 Å². The number of nitrogens with zero attached hydrogens (tertiary/aromatic N) is 1. The predicted molar refractivity (Wildman–Crippen MR) is 144 cm³/mol. The van der Waals surface area contributed by atoms with E-state index in [-0.39, 0.29) is 27.6 Å². The highest BCUT2D eigenvalue weighted by atomic mass is 32.2. The lowest BCUT2D eigenvalue weighted by Gasteiger charge is -2.33. The van der Waals surface area contributed by atoms with E-state index in [1.807, 2.05) is 0 Å². The topological polar surface area (TPSA) is 160 Å². The molecule has 0 aromatic heterocycles. The van der Waals surface area contributed by atoms with Crippen molar-refractivity contribution in [2.75, 3.05) is 6.54 Å². The fourth-order valence-electron chi connectivity index (χ4n) is 4.48. The van der Waals surface area contributed by atoms with Gasteiger partial charge in [0.1, 0.15) is 0 Å². The van der Waals surface area contributed by atoms with Crippen molar-refractivity contribution in [2.45, 2.75) is 61.7 Å². The molecule has 0 bridgehead atoms. The second-order valence-electron chi connectivity index (χ2n) is 10.1. The molecular formula is C27H30F3N5O5S. The Morgan fingerprint density at radius 1 is 0.927 bits per heavy atom. The highest BCUT2D eigenvalue weighted by Gasteiger charge is 2.32. The summed E-state index contributed by atoms with van der Waals surface area (Å²) in [7, 11) is -3.91. The first kappa shape index (κ1) is 30.2. The number of carbonyl (C=O) groups excluding carboxylic acids is 3. The molecule has 41 heavy (non-hydrogen) atoms. The van der Waals surface area contributed by atoms with Crippen molar-refractivity contribution in [3.8, 4) is 0 Å². The molecule has 0 radical (unpaired) electrons. The van der Waals surface area contributed by atoms with Crippen LogP contribution in [-0.4, -0.2) is 51.0 Å². The zero-order chi connectivity index (χ0) is 29.8. The van der Waals surface area contributed by atoms with Gasteiger partial charge >= 0.3 is 6.18 Å². The highest BCUT2D eigenvalue weighted by Crippen LogP contribution is 2.33. The Hall–Kier alpha value is -3.78. The molecule has 220 valence electrons. The van der Waals surface area contributed by atoms with E-state index in [4.69, 9.17) is 5.14 Å². The van der Waals surface area contributed by atoms with Crippen LogP contribution in [0.4, 0.5) is 18.9 Å². The van der Waals surface area contributed by atoms with Crippen LogP contribution in [0.15, 0.2) is 52.4 Å². The number of nitrogens with one attached hydrogen (secondary N) is 3. The van der Waals surface area contributed by atoms with Gasteiger partial charge in [-0.1, -0.05) is 12.8 Å². The van der Waals surface area contributed by atoms with Crippen LogP contribution in [0.25, 0.3) is 0 Å². The standard InChI is InChI=1S/C27H30F3N5O5S/c28-27(29,30)18-9-12-21(32-14-16-5-6-16)20(13-18)26(38)33-15-24(36)34-22-3-1-2-4-23(22)35-25(37)17-7-10-19(11-8-17)41(31,39)40/h7-14,16,22-23H,1-6,15H2,(H,33,38)(H,34,36)(H,35,37)(H2,31,39,40). The number of amides is 3. The first-order valence-corrected chi connectivity index (χ1v) is 14.6. The summed E-state index contributed by atoms with van der Waals surface area (Å²) in [5.41, 5.74) is -1.00. The van der Waals surface area contributed by atoms with Gasteiger partial charge in [-0.3, -0.25) is 19.4 Å². The van der Waals surface area contributed by atoms with Gasteiger partial charge in [0, 0.05) is 23.9 Å². The van der Waals surface area contributed by atoms with Crippen LogP contribution in [0.1, 0.15) is 64.8 Å². The maximum Gasteiger partial charge on any atom is 0.416 e. The maximum absolute atomic E-state index is 13.3. The van der Waals surface area contributed by atoms with Crippen molar-refractivity contribution < 1.29 is 36.0 Å². The smallest absolute Gasteiger partial charge is 0.350 e. The Balaban J connectivity index is 1.37. The third kappa shape index (κ3) is 8.36. The summed E-state index contributed by atoms with van der Waals surface area (Å²) in [4.78, 5) is 42.3. The number of alkyl halides is 3. The van der Waals surface area contributed by atoms with Crippen LogP contribution in [-0.2, 0) is 21.0 Å². The summed E-state index contributed by atoms with van der Waals surface area (Å²) in [6.07, 6.45) is 1.54. The SMILES string of the molecule is NS(=O)(=O)c1ccc(C(=O)NC2CCCCC2NC(=O)CNC(=O)c2cc(C(F)(F)F)ccc2N=CC2CC2)cc1. The first-order chi connectivity index (χ1) is 19.3. The van der Waals surface area contributed by atoms with Crippen molar-refractivity contribution in [3.05, 3.63) is 59.2 Å². The van der Waals surface area contributed by atoms with Crippen LogP contribution in [0.3, 0.4) is 0 Å². The van der Waals surface area contributed by atoms with Gasteiger partial charge in [-0.05, 0) is 74.1 Å². The fraction of sp³-hybridized carbons (Fsp3) is 0.407. The van der Waals surface area contributed by atoms with Crippen molar-refractivity contribution in [1.82, 2.24) is 16.0 Å². The number of halogens is 3. The van der Waals surface area contributed by atoms with Crippen molar-refractivity contribution in [2.24, 2.45) is 16.0 Å². The van der Waals surface area contributed by atoms with E-state index < -0.39 is 58.1 Å². The Labute approximate surface area is 235 Å². The molecule has 2 unspecified atom stereocenters. The van der Waals surface area contributed by atoms with E-state index in [1.165, 1.54) is 24.3 Å². The molecule has 10 nitrogen and oxygen atoms in total. The van der Waals surface area contributed by atoms with E-state index in [0.717, 1.165) is 43.9 Å². The molecule has 2 aliphatic carbocycles. The lowest BCUT2D eigenvalue weighted by molar-refractivity contribution is -0.137. The van der Waals surface area contributed by atoms with Crippen LogP contribution in [0.5, 0.6) is 0 Å². The second kappa shape index (κ2) is 12.4. The summed E-state index contributed by atoms with van der Waals surface area (Å²) in [5.74, 6) is -1.67. The van der Waals surface area contributed by atoms with Crippen molar-refractivity contribution >= 4 is 39.6 Å². The van der Waals surface area contributed by atoms with E-state index in [0.29, 0.717) is 12.8 Å². The first-order valence-electron chi connectivity index (χ1n) is 13.1. The molecule has 2 atom stereocenters. The number of sulfonamides is 1. The van der Waals surface area contributed by atoms with Crippen LogP contribution >= 0.6 is 0 Å². The van der Waals surface area contributed by atoms with E-state index >= 15 is 0 Å². The second-order valence-corrected chi connectivity index (χ2v) is 11.7. The number of benzene rings is 2. The number of aliphatic imine (C=N–C) groups is 1. The summed E-state index contributed by atoms with van der Waals surface area (Å²) >= 11 is 0. The zero-order valence-corrected chi connectivity index (χ0v) is 22.7. The summed E-state index contributed by atoms with van der Waals surface area (Å²) in [6.45, 7) is -0.493. The average molecular weight is 594 g/mol. The summed E-state index contributed by atoms with van der Waals surface area (Å²) < 4.78 is 62.7. The van der Waals surface area contributed by atoms with Gasteiger partial charge in [-0.15, -0.1) is 0 Å². The molecule has 0 saturated heterocycles. The van der Waals surface area contributed by atoms with Gasteiger partial charge < -0.3 is 16.0 Å². The molecule has 2 aromatic carbocycles. The number of carbonyl (C=O) groups is 3. The molecule has 0 heterocycles. The molecule has 0 aliphatic heterocycles. The molecule has 4 rings (SSSR count). The van der Waals surface area contributed by atoms with Crippen LogP contribution in [0.2, 0.25) is 0 Å². The molecule has 2 aromatic rings. The monoisotopic (exact) mass is 593 g/mol. The van der Waals surface area contributed by atoms with Gasteiger partial charge in [0.25, 0.3) is 11.8 Å². The largest absolute Gasteiger partial charge is 0.416 e. The Morgan fingerprint density at radius 3 is 2.15 bits per heavy atom. The highest BCUT2D eigenvalue weighted by molar-refractivity contribution is 7.89. The minimum absolute atomic E-state index is 0.0787. The summed E-state index contributed by atoms with van der Waals surface area (Å²) in [5, 5.41) is 13.1. The Morgan fingerprint density at radius 2 is 1.56 bits per heavy atom. The van der Waals surface area contributed by atoms with E-state index in [1.54, 1.807) is 6.21 Å². The predicted octanol–water partition coefficient (Wildman–Crippen LogP) is 3.05. The van der Waals surface area contributed by atoms with Crippen molar-refractivity contribution in [1.29, 1.82) is 0 Å². The quantitative estimate of drug-likeness (QED) is 0.329. The van der Waals surface area contributed by atoms with Gasteiger partial charge in [-0.25, -0.2) is 13.6 Å². The number of rotatable bonds is 9. The molecule has 0 spiro atoms. The van der Waals surface area contributed by atoms with Gasteiger partial charge in [0.15, 0.2) is 0 Å². The Bertz CT molecular complexity index is 1440. The third-order valence-corrected chi connectivity index (χ3v) is 7.83. The van der Waals surface area contributed by atoms with Gasteiger partial charge in [-0.2, -0.15) is 13.2 Å². The number of hydrogen-bond acceptors (Lipinski definition) is 6. The van der Waals surface area contributed by atoms with E-state index in [2.05, 4.69) is 20.9 Å². The minimum Gasteiger partial charge on any atom is -0.350 e. The fourth-order valence-corrected chi connectivity index (χ4v) is 4.99. The van der Waals surface area contributed by atoms with E-state index in [9.17, 15) is 36.0 Å².